The molecule has 2 aromatic rings. The molecule has 0 aliphatic heterocycles. The first-order valence-electron chi connectivity index (χ1n) is 4.72. The molecular weight excluding hydrogens is 275 g/mol. The minimum absolute atomic E-state index is 0.660. The molecule has 1 aromatic carbocycles. The van der Waals surface area contributed by atoms with E-state index in [-0.39, 0.29) is 0 Å². The maximum absolute atomic E-state index is 6.01. The van der Waals surface area contributed by atoms with Crippen LogP contribution in [0.25, 0.3) is 17.0 Å². The van der Waals surface area contributed by atoms with E-state index in [4.69, 9.17) is 16.0 Å². The summed E-state index contributed by atoms with van der Waals surface area (Å²) in [6.07, 6.45) is 5.03. The van der Waals surface area contributed by atoms with Gasteiger partial charge in [0.2, 0.25) is 0 Å². The lowest BCUT2D eigenvalue weighted by atomic mass is 10.2. The van der Waals surface area contributed by atoms with Crippen LogP contribution in [-0.2, 0) is 0 Å². The van der Waals surface area contributed by atoms with E-state index in [0.717, 1.165) is 28.5 Å². The zero-order valence-electron chi connectivity index (χ0n) is 8.04. The van der Waals surface area contributed by atoms with Crippen LogP contribution in [0.1, 0.15) is 12.2 Å². The first-order valence-corrected chi connectivity index (χ1v) is 6.22. The standard InChI is InChI=1S/C12H10BrClO/c13-7-2-1-5-10-8-9-4-3-6-11(14)12(9)15-10/h1,3-6,8H,2,7H2/b5-1+. The van der Waals surface area contributed by atoms with Crippen molar-refractivity contribution in [1.29, 1.82) is 0 Å². The lowest BCUT2D eigenvalue weighted by Gasteiger charge is -1.89. The molecule has 0 atom stereocenters. The van der Waals surface area contributed by atoms with Crippen LogP contribution in [0.5, 0.6) is 0 Å². The normalized spacial score (nSPS) is 11.6. The second kappa shape index (κ2) is 4.86. The van der Waals surface area contributed by atoms with E-state index in [0.29, 0.717) is 5.02 Å². The van der Waals surface area contributed by atoms with Crippen molar-refractivity contribution in [2.24, 2.45) is 0 Å². The molecule has 15 heavy (non-hydrogen) atoms. The summed E-state index contributed by atoms with van der Waals surface area (Å²) in [7, 11) is 0. The number of furan rings is 1. The van der Waals surface area contributed by atoms with Crippen LogP contribution in [0.3, 0.4) is 0 Å². The van der Waals surface area contributed by atoms with Crippen LogP contribution in [0, 0.1) is 0 Å². The SMILES string of the molecule is Clc1cccc2cc(/C=C/CCBr)oc12. The highest BCUT2D eigenvalue weighted by molar-refractivity contribution is 9.09. The van der Waals surface area contributed by atoms with Gasteiger partial charge in [-0.05, 0) is 24.6 Å². The van der Waals surface area contributed by atoms with Gasteiger partial charge in [-0.2, -0.15) is 0 Å². The summed E-state index contributed by atoms with van der Waals surface area (Å²) >= 11 is 9.37. The molecule has 2 rings (SSSR count). The van der Waals surface area contributed by atoms with Crippen LogP contribution >= 0.6 is 27.5 Å². The van der Waals surface area contributed by atoms with E-state index in [9.17, 15) is 0 Å². The highest BCUT2D eigenvalue weighted by Gasteiger charge is 2.03. The third-order valence-electron chi connectivity index (χ3n) is 2.07. The molecule has 1 aromatic heterocycles. The maximum Gasteiger partial charge on any atom is 0.153 e. The van der Waals surface area contributed by atoms with Crippen molar-refractivity contribution in [1.82, 2.24) is 0 Å². The van der Waals surface area contributed by atoms with Crippen LogP contribution < -0.4 is 0 Å². The molecule has 0 saturated carbocycles. The Morgan fingerprint density at radius 3 is 3.00 bits per heavy atom. The second-order valence-electron chi connectivity index (χ2n) is 3.19. The Labute approximate surface area is 102 Å². The molecule has 3 heteroatoms. The Kier molecular flexibility index (Phi) is 3.49. The Morgan fingerprint density at radius 2 is 2.27 bits per heavy atom. The van der Waals surface area contributed by atoms with Gasteiger partial charge in [-0.3, -0.25) is 0 Å². The molecule has 0 bridgehead atoms. The fourth-order valence-electron chi connectivity index (χ4n) is 1.39. The molecule has 1 nitrogen and oxygen atoms in total. The average Bonchev–Trinajstić information content (AvgIpc) is 2.63. The molecule has 0 saturated heterocycles. The highest BCUT2D eigenvalue weighted by Crippen LogP contribution is 2.27. The average molecular weight is 286 g/mol. The number of fused-ring (bicyclic) bond motifs is 1. The van der Waals surface area contributed by atoms with Crippen LogP contribution in [0.15, 0.2) is 34.8 Å². The lowest BCUT2D eigenvalue weighted by Crippen LogP contribution is -1.65. The molecule has 78 valence electrons. The van der Waals surface area contributed by atoms with Gasteiger partial charge in [-0.25, -0.2) is 0 Å². The Bertz CT molecular complexity index is 487. The summed E-state index contributed by atoms with van der Waals surface area (Å²) in [5.41, 5.74) is 0.762. The van der Waals surface area contributed by atoms with Gasteiger partial charge in [0.1, 0.15) is 5.76 Å². The van der Waals surface area contributed by atoms with Crippen molar-refractivity contribution in [3.63, 3.8) is 0 Å². The van der Waals surface area contributed by atoms with Crippen LogP contribution in [-0.4, -0.2) is 5.33 Å². The molecule has 0 spiro atoms. The molecule has 1 heterocycles. The predicted octanol–water partition coefficient (Wildman–Crippen LogP) is 4.88. The molecule has 0 aliphatic rings. The number of para-hydroxylation sites is 1. The van der Waals surface area contributed by atoms with Gasteiger partial charge in [-0.15, -0.1) is 0 Å². The van der Waals surface area contributed by atoms with E-state index in [1.54, 1.807) is 0 Å². The first kappa shape index (κ1) is 10.8. The topological polar surface area (TPSA) is 13.1 Å². The van der Waals surface area contributed by atoms with Crippen molar-refractivity contribution in [3.05, 3.63) is 41.1 Å². The minimum atomic E-state index is 0.660. The monoisotopic (exact) mass is 284 g/mol. The Hall–Kier alpha value is -0.730. The third-order valence-corrected chi connectivity index (χ3v) is 2.83. The van der Waals surface area contributed by atoms with Gasteiger partial charge in [0, 0.05) is 10.7 Å². The van der Waals surface area contributed by atoms with E-state index in [1.807, 2.05) is 30.3 Å². The number of hydrogen-bond acceptors (Lipinski definition) is 1. The number of halogens is 2. The van der Waals surface area contributed by atoms with Crippen molar-refractivity contribution < 1.29 is 4.42 Å². The van der Waals surface area contributed by atoms with E-state index < -0.39 is 0 Å². The van der Waals surface area contributed by atoms with Crippen LogP contribution in [0.4, 0.5) is 0 Å². The Balaban J connectivity index is 2.35. The molecule has 0 N–H and O–H groups in total. The van der Waals surface area contributed by atoms with Crippen molar-refractivity contribution >= 4 is 44.6 Å². The molecule has 0 radical (unpaired) electrons. The smallest absolute Gasteiger partial charge is 0.153 e. The van der Waals surface area contributed by atoms with Gasteiger partial charge in [0.25, 0.3) is 0 Å². The lowest BCUT2D eigenvalue weighted by molar-refractivity contribution is 0.604. The largest absolute Gasteiger partial charge is 0.455 e. The molecule has 0 unspecified atom stereocenters. The van der Waals surface area contributed by atoms with Gasteiger partial charge in [-0.1, -0.05) is 45.7 Å². The molecular formula is C12H10BrClO. The van der Waals surface area contributed by atoms with E-state index in [1.165, 1.54) is 0 Å². The number of rotatable bonds is 3. The summed E-state index contributed by atoms with van der Waals surface area (Å²) < 4.78 is 5.61. The number of allylic oxidation sites excluding steroid dienone is 1. The predicted molar refractivity (Wildman–Crippen MR) is 68.7 cm³/mol. The summed E-state index contributed by atoms with van der Waals surface area (Å²) in [6, 6.07) is 7.74. The van der Waals surface area contributed by atoms with Crippen molar-refractivity contribution in [3.8, 4) is 0 Å². The highest BCUT2D eigenvalue weighted by atomic mass is 79.9. The fraction of sp³-hybridized carbons (Fsp3) is 0.167. The minimum Gasteiger partial charge on any atom is -0.455 e. The van der Waals surface area contributed by atoms with Crippen molar-refractivity contribution in [2.45, 2.75) is 6.42 Å². The van der Waals surface area contributed by atoms with Gasteiger partial charge in [0.05, 0.1) is 5.02 Å². The zero-order chi connectivity index (χ0) is 10.7. The quantitative estimate of drug-likeness (QED) is 0.732. The fourth-order valence-corrected chi connectivity index (χ4v) is 1.88. The van der Waals surface area contributed by atoms with Gasteiger partial charge < -0.3 is 4.42 Å². The van der Waals surface area contributed by atoms with E-state index >= 15 is 0 Å². The van der Waals surface area contributed by atoms with E-state index in [2.05, 4.69) is 22.0 Å². The number of hydrogen-bond donors (Lipinski definition) is 0. The molecule has 0 fully saturated rings. The van der Waals surface area contributed by atoms with Gasteiger partial charge >= 0.3 is 0 Å². The molecule has 0 aliphatic carbocycles. The van der Waals surface area contributed by atoms with Crippen LogP contribution in [0.2, 0.25) is 5.02 Å². The van der Waals surface area contributed by atoms with Crippen molar-refractivity contribution in [2.75, 3.05) is 5.33 Å². The summed E-state index contributed by atoms with van der Waals surface area (Å²) in [5, 5.41) is 2.67. The zero-order valence-corrected chi connectivity index (χ0v) is 10.4. The summed E-state index contributed by atoms with van der Waals surface area (Å²) in [6.45, 7) is 0. The van der Waals surface area contributed by atoms with Gasteiger partial charge in [0.15, 0.2) is 5.58 Å². The first-order chi connectivity index (χ1) is 7.31. The molecule has 0 amide bonds. The third kappa shape index (κ3) is 2.44. The number of alkyl halides is 1. The summed E-state index contributed by atoms with van der Waals surface area (Å²) in [4.78, 5) is 0. The number of benzene rings is 1. The second-order valence-corrected chi connectivity index (χ2v) is 4.39. The maximum atomic E-state index is 6.01. The summed E-state index contributed by atoms with van der Waals surface area (Å²) in [5.74, 6) is 0.846. The Morgan fingerprint density at radius 1 is 1.40 bits per heavy atom.